The van der Waals surface area contributed by atoms with Crippen LogP contribution < -0.4 is 0 Å². The van der Waals surface area contributed by atoms with Gasteiger partial charge in [-0.3, -0.25) is 0 Å². The van der Waals surface area contributed by atoms with Crippen LogP contribution in [0.5, 0.6) is 0 Å². The van der Waals surface area contributed by atoms with E-state index in [9.17, 15) is 34.7 Å². The molecule has 0 amide bonds. The van der Waals surface area contributed by atoms with Crippen molar-refractivity contribution in [3.05, 3.63) is 0 Å². The van der Waals surface area contributed by atoms with Crippen LogP contribution in [-0.4, -0.2) is 25.7 Å². The van der Waals surface area contributed by atoms with E-state index in [1.807, 2.05) is 0 Å². The van der Waals surface area contributed by atoms with Gasteiger partial charge in [-0.25, -0.2) is 4.79 Å². The van der Waals surface area contributed by atoms with Crippen LogP contribution in [0.15, 0.2) is 0 Å². The van der Waals surface area contributed by atoms with Gasteiger partial charge in [0, 0.05) is 0 Å². The molecule has 0 aromatic heterocycles. The zero-order valence-corrected chi connectivity index (χ0v) is 7.38. The molecule has 11 heteroatoms. The minimum atomic E-state index is -6.09. The third kappa shape index (κ3) is 3.25. The zero-order chi connectivity index (χ0) is 11.8. The lowest BCUT2D eigenvalue weighted by atomic mass is 10.3. The van der Waals surface area contributed by atoms with Crippen LogP contribution in [0.25, 0.3) is 0 Å². The van der Waals surface area contributed by atoms with Crippen molar-refractivity contribution in [2.24, 2.45) is 0 Å². The Morgan fingerprint density at radius 2 is 1.57 bits per heavy atom. The molecular weight excluding hydrogens is 263 g/mol. The number of hydrogen-bond donors (Lipinski definition) is 0. The molecule has 0 bridgehead atoms. The molecular formula is C3ClF5O4S. The first-order valence-corrected chi connectivity index (χ1v) is 4.19. The fourth-order valence-electron chi connectivity index (χ4n) is 0.258. The zero-order valence-electron chi connectivity index (χ0n) is 5.81. The van der Waals surface area contributed by atoms with Gasteiger partial charge in [0.2, 0.25) is 0 Å². The Labute approximate surface area is 79.0 Å². The molecule has 4 nitrogen and oxygen atoms in total. The average molecular weight is 263 g/mol. The fourth-order valence-corrected chi connectivity index (χ4v) is 0.621. The van der Waals surface area contributed by atoms with E-state index in [0.29, 0.717) is 0 Å². The van der Waals surface area contributed by atoms with Gasteiger partial charge >= 0.3 is 27.8 Å². The third-order valence-corrected chi connectivity index (χ3v) is 1.38. The second kappa shape index (κ2) is 3.50. The highest BCUT2D eigenvalue weighted by Gasteiger charge is 2.63. The van der Waals surface area contributed by atoms with E-state index < -0.39 is 27.8 Å². The van der Waals surface area contributed by atoms with Gasteiger partial charge < -0.3 is 4.18 Å². The van der Waals surface area contributed by atoms with E-state index in [1.165, 1.54) is 0 Å². The molecule has 0 spiro atoms. The quantitative estimate of drug-likeness (QED) is 0.436. The Bertz CT molecular complexity index is 331. The highest BCUT2D eigenvalue weighted by molar-refractivity contribution is 7.81. The summed E-state index contributed by atoms with van der Waals surface area (Å²) in [5.41, 5.74) is 0. The SMILES string of the molecule is O=C(OS(=O)(=O)F)C(F)(F)C(F)(F)Cl. The Balaban J connectivity index is 4.88. The van der Waals surface area contributed by atoms with Crippen molar-refractivity contribution in [3.8, 4) is 0 Å². The van der Waals surface area contributed by atoms with Crippen LogP contribution in [0, 0.1) is 0 Å². The Hall–Kier alpha value is -0.640. The van der Waals surface area contributed by atoms with Gasteiger partial charge in [-0.2, -0.15) is 26.0 Å². The molecule has 0 heterocycles. The van der Waals surface area contributed by atoms with Gasteiger partial charge in [0.05, 0.1) is 0 Å². The maximum Gasteiger partial charge on any atom is 0.491 e. The molecule has 0 aliphatic carbocycles. The van der Waals surface area contributed by atoms with Crippen molar-refractivity contribution >= 4 is 28.1 Å². The van der Waals surface area contributed by atoms with Crippen LogP contribution >= 0.6 is 11.6 Å². The Morgan fingerprint density at radius 3 is 1.79 bits per heavy atom. The summed E-state index contributed by atoms with van der Waals surface area (Å²) in [6.45, 7) is 0. The largest absolute Gasteiger partial charge is 0.491 e. The van der Waals surface area contributed by atoms with Gasteiger partial charge in [-0.15, -0.1) is 0 Å². The maximum absolute atomic E-state index is 12.1. The lowest BCUT2D eigenvalue weighted by Gasteiger charge is -2.17. The number of halogens is 6. The van der Waals surface area contributed by atoms with Crippen molar-refractivity contribution in [1.82, 2.24) is 0 Å². The van der Waals surface area contributed by atoms with Crippen LogP contribution in [0.2, 0.25) is 0 Å². The summed E-state index contributed by atoms with van der Waals surface area (Å²) >= 11 is 3.75. The number of carbonyl (C=O) groups is 1. The molecule has 0 saturated heterocycles. The van der Waals surface area contributed by atoms with Crippen molar-refractivity contribution in [2.45, 2.75) is 11.3 Å². The van der Waals surface area contributed by atoms with E-state index in [4.69, 9.17) is 0 Å². The van der Waals surface area contributed by atoms with E-state index >= 15 is 0 Å². The minimum Gasteiger partial charge on any atom is -0.315 e. The molecule has 0 aliphatic heterocycles. The van der Waals surface area contributed by atoms with Crippen molar-refractivity contribution in [2.75, 3.05) is 0 Å². The normalized spacial score (nSPS) is 13.9. The van der Waals surface area contributed by atoms with Gasteiger partial charge in [0.1, 0.15) is 0 Å². The summed E-state index contributed by atoms with van der Waals surface area (Å²) in [6, 6.07) is 0. The molecule has 0 aromatic rings. The van der Waals surface area contributed by atoms with Gasteiger partial charge in [0.25, 0.3) is 0 Å². The third-order valence-electron chi connectivity index (χ3n) is 0.788. The molecule has 14 heavy (non-hydrogen) atoms. The molecule has 0 unspecified atom stereocenters. The molecule has 0 rings (SSSR count). The van der Waals surface area contributed by atoms with Crippen molar-refractivity contribution < 1.29 is 38.8 Å². The smallest absolute Gasteiger partial charge is 0.315 e. The number of alkyl halides is 5. The first-order valence-electron chi connectivity index (χ1n) is 2.51. The van der Waals surface area contributed by atoms with Gasteiger partial charge in [0.15, 0.2) is 0 Å². The second-order valence-corrected chi connectivity index (χ2v) is 3.26. The van der Waals surface area contributed by atoms with Crippen molar-refractivity contribution in [3.63, 3.8) is 0 Å². The standard InChI is InChI=1S/C3ClF5O4S/c4-3(7,8)2(5,6)1(10)13-14(9,11)12. The first-order chi connectivity index (χ1) is 5.88. The van der Waals surface area contributed by atoms with Crippen LogP contribution in [0.4, 0.5) is 21.4 Å². The molecule has 0 N–H and O–H groups in total. The molecule has 84 valence electrons. The highest BCUT2D eigenvalue weighted by atomic mass is 35.5. The summed E-state index contributed by atoms with van der Waals surface area (Å²) in [5, 5.41) is -5.38. The van der Waals surface area contributed by atoms with E-state index in [0.717, 1.165) is 0 Å². The van der Waals surface area contributed by atoms with Crippen LogP contribution in [-0.2, 0) is 19.5 Å². The van der Waals surface area contributed by atoms with Gasteiger partial charge in [-0.05, 0) is 11.6 Å². The lowest BCUT2D eigenvalue weighted by molar-refractivity contribution is -0.194. The monoisotopic (exact) mass is 262 g/mol. The van der Waals surface area contributed by atoms with E-state index in [2.05, 4.69) is 15.8 Å². The highest BCUT2D eigenvalue weighted by Crippen LogP contribution is 2.38. The topological polar surface area (TPSA) is 60.4 Å². The Morgan fingerprint density at radius 1 is 1.21 bits per heavy atom. The lowest BCUT2D eigenvalue weighted by Crippen LogP contribution is -2.44. The Kier molecular flexibility index (Phi) is 3.34. The van der Waals surface area contributed by atoms with E-state index in [-0.39, 0.29) is 0 Å². The van der Waals surface area contributed by atoms with Crippen LogP contribution in [0.1, 0.15) is 0 Å². The average Bonchev–Trinajstić information content (AvgIpc) is 1.80. The van der Waals surface area contributed by atoms with Crippen LogP contribution in [0.3, 0.4) is 0 Å². The molecule has 0 aromatic carbocycles. The van der Waals surface area contributed by atoms with Crippen molar-refractivity contribution in [1.29, 1.82) is 0 Å². The summed E-state index contributed by atoms with van der Waals surface area (Å²) < 4.78 is 80.4. The maximum atomic E-state index is 12.1. The second-order valence-electron chi connectivity index (χ2n) is 1.84. The number of hydrogen-bond acceptors (Lipinski definition) is 4. The minimum absolute atomic E-state index is 2.38. The summed E-state index contributed by atoms with van der Waals surface area (Å²) in [4.78, 5) is 9.97. The molecule has 0 saturated carbocycles. The predicted molar refractivity (Wildman–Crippen MR) is 31.9 cm³/mol. The molecule has 0 fully saturated rings. The summed E-state index contributed by atoms with van der Waals surface area (Å²) in [6.07, 6.45) is 0. The predicted octanol–water partition coefficient (Wildman–Crippen LogP) is 1.21. The summed E-state index contributed by atoms with van der Waals surface area (Å²) in [5.74, 6) is -8.95. The molecule has 0 atom stereocenters. The molecule has 0 radical (unpaired) electrons. The summed E-state index contributed by atoms with van der Waals surface area (Å²) in [7, 11) is -6.09. The number of rotatable bonds is 3. The molecule has 0 aliphatic rings. The number of carbonyl (C=O) groups excluding carboxylic acids is 1. The van der Waals surface area contributed by atoms with E-state index in [1.54, 1.807) is 0 Å². The first kappa shape index (κ1) is 13.4. The van der Waals surface area contributed by atoms with Gasteiger partial charge in [-0.1, -0.05) is 3.89 Å². The fraction of sp³-hybridized carbons (Fsp3) is 0.667.